The van der Waals surface area contributed by atoms with E-state index < -0.39 is 0 Å². The topological polar surface area (TPSA) is 73.6 Å². The smallest absolute Gasteiger partial charge is 0.251 e. The van der Waals surface area contributed by atoms with Crippen LogP contribution in [0.2, 0.25) is 0 Å². The summed E-state index contributed by atoms with van der Waals surface area (Å²) in [4.78, 5) is 12.6. The fraction of sp³-hybridized carbons (Fsp3) is 0.360. The zero-order valence-electron chi connectivity index (χ0n) is 18.0. The van der Waals surface area contributed by atoms with E-state index in [1.54, 1.807) is 24.3 Å². The molecule has 4 rings (SSSR count). The van der Waals surface area contributed by atoms with Crippen LogP contribution in [0.1, 0.15) is 58.6 Å². The molecule has 0 unspecified atom stereocenters. The van der Waals surface area contributed by atoms with Crippen molar-refractivity contribution in [3.63, 3.8) is 0 Å². The molecule has 1 amide bonds. The van der Waals surface area contributed by atoms with Gasteiger partial charge in [0.25, 0.3) is 5.91 Å². The summed E-state index contributed by atoms with van der Waals surface area (Å²) in [5.74, 6) is 2.17. The second-order valence-corrected chi connectivity index (χ2v) is 7.93. The zero-order valence-corrected chi connectivity index (χ0v) is 18.0. The highest BCUT2D eigenvalue weighted by Gasteiger charge is 2.18. The Morgan fingerprint density at radius 1 is 1.10 bits per heavy atom. The molecule has 1 aromatic heterocycles. The maximum Gasteiger partial charge on any atom is 0.251 e. The average molecular weight is 421 g/mol. The first-order valence-electron chi connectivity index (χ1n) is 10.8. The van der Waals surface area contributed by atoms with Crippen molar-refractivity contribution in [1.82, 2.24) is 10.5 Å². The van der Waals surface area contributed by atoms with E-state index in [1.807, 2.05) is 38.1 Å². The van der Waals surface area contributed by atoms with Crippen LogP contribution in [-0.2, 0) is 13.2 Å². The summed E-state index contributed by atoms with van der Waals surface area (Å²) in [7, 11) is 0. The van der Waals surface area contributed by atoms with Gasteiger partial charge in [-0.05, 0) is 69.9 Å². The van der Waals surface area contributed by atoms with Crippen molar-refractivity contribution in [3.8, 4) is 11.5 Å². The Hall–Kier alpha value is -3.28. The summed E-state index contributed by atoms with van der Waals surface area (Å²) in [6.45, 7) is 4.55. The summed E-state index contributed by atoms with van der Waals surface area (Å²) in [6, 6.07) is 15.0. The number of amides is 1. The summed E-state index contributed by atoms with van der Waals surface area (Å²) in [5, 5.41) is 6.92. The number of carbonyl (C=O) groups is 1. The fourth-order valence-corrected chi connectivity index (χ4v) is 3.79. The van der Waals surface area contributed by atoms with Crippen LogP contribution < -0.4 is 14.8 Å². The van der Waals surface area contributed by atoms with Crippen LogP contribution in [0.4, 0.5) is 0 Å². The van der Waals surface area contributed by atoms with E-state index in [2.05, 4.69) is 10.5 Å². The molecule has 0 atom stereocenters. The highest BCUT2D eigenvalue weighted by atomic mass is 16.5. The molecule has 0 radical (unpaired) electrons. The van der Waals surface area contributed by atoms with Gasteiger partial charge in [0.1, 0.15) is 23.9 Å². The molecular weight excluding hydrogens is 392 g/mol. The van der Waals surface area contributed by atoms with Crippen LogP contribution in [0.3, 0.4) is 0 Å². The monoisotopic (exact) mass is 420 g/mol. The maximum atomic E-state index is 12.6. The lowest BCUT2D eigenvalue weighted by molar-refractivity contribution is 0.0950. The molecule has 1 aliphatic rings. The number of aromatic nitrogens is 1. The summed E-state index contributed by atoms with van der Waals surface area (Å²) < 4.78 is 17.1. The van der Waals surface area contributed by atoms with Crippen molar-refractivity contribution in [3.05, 3.63) is 76.7 Å². The molecule has 3 aromatic rings. The number of benzene rings is 2. The molecule has 1 heterocycles. The normalized spacial score (nSPS) is 13.9. The van der Waals surface area contributed by atoms with Crippen LogP contribution in [-0.4, -0.2) is 17.2 Å². The Labute approximate surface area is 182 Å². The van der Waals surface area contributed by atoms with Gasteiger partial charge in [0.05, 0.1) is 17.4 Å². The second kappa shape index (κ2) is 9.69. The van der Waals surface area contributed by atoms with E-state index in [0.29, 0.717) is 24.5 Å². The molecule has 2 aromatic carbocycles. The van der Waals surface area contributed by atoms with Gasteiger partial charge >= 0.3 is 0 Å². The second-order valence-electron chi connectivity index (χ2n) is 7.93. The van der Waals surface area contributed by atoms with Gasteiger partial charge < -0.3 is 19.3 Å². The minimum absolute atomic E-state index is 0.132. The Bertz CT molecular complexity index is 1000. The van der Waals surface area contributed by atoms with Gasteiger partial charge in [-0.15, -0.1) is 0 Å². The molecule has 1 N–H and O–H groups in total. The number of hydrogen-bond donors (Lipinski definition) is 1. The van der Waals surface area contributed by atoms with E-state index >= 15 is 0 Å². The SMILES string of the molecule is Cc1noc(C)c1COc1ccc(C(=O)NCc2ccccc2OC2CCCC2)cc1. The quantitative estimate of drug-likeness (QED) is 0.547. The highest BCUT2D eigenvalue weighted by Crippen LogP contribution is 2.26. The Kier molecular flexibility index (Phi) is 6.55. The molecule has 0 bridgehead atoms. The van der Waals surface area contributed by atoms with Crippen LogP contribution in [0.25, 0.3) is 0 Å². The average Bonchev–Trinajstić information content (AvgIpc) is 3.41. The predicted octanol–water partition coefficient (Wildman–Crippen LogP) is 5.12. The number of hydrogen-bond acceptors (Lipinski definition) is 5. The third-order valence-electron chi connectivity index (χ3n) is 5.69. The van der Waals surface area contributed by atoms with Crippen molar-refractivity contribution in [1.29, 1.82) is 0 Å². The molecule has 1 saturated carbocycles. The van der Waals surface area contributed by atoms with Crippen molar-refractivity contribution in [2.45, 2.75) is 58.8 Å². The lowest BCUT2D eigenvalue weighted by Crippen LogP contribution is -2.23. The molecule has 0 spiro atoms. The van der Waals surface area contributed by atoms with Crippen LogP contribution >= 0.6 is 0 Å². The van der Waals surface area contributed by atoms with E-state index in [4.69, 9.17) is 14.0 Å². The number of aryl methyl sites for hydroxylation is 2. The zero-order chi connectivity index (χ0) is 21.6. The molecule has 6 heteroatoms. The molecule has 1 fully saturated rings. The summed E-state index contributed by atoms with van der Waals surface area (Å²) in [6.07, 6.45) is 4.94. The molecule has 0 aliphatic heterocycles. The van der Waals surface area contributed by atoms with Crippen LogP contribution in [0, 0.1) is 13.8 Å². The molecule has 162 valence electrons. The third kappa shape index (κ3) is 5.26. The lowest BCUT2D eigenvalue weighted by Gasteiger charge is -2.17. The van der Waals surface area contributed by atoms with Gasteiger partial charge in [-0.3, -0.25) is 4.79 Å². The summed E-state index contributed by atoms with van der Waals surface area (Å²) in [5.41, 5.74) is 3.34. The molecular formula is C25H28N2O4. The number of nitrogens with one attached hydrogen (secondary N) is 1. The Morgan fingerprint density at radius 3 is 2.55 bits per heavy atom. The molecule has 6 nitrogen and oxygen atoms in total. The van der Waals surface area contributed by atoms with Gasteiger partial charge in [-0.1, -0.05) is 23.4 Å². The van der Waals surface area contributed by atoms with Crippen molar-refractivity contribution in [2.75, 3.05) is 0 Å². The van der Waals surface area contributed by atoms with E-state index in [0.717, 1.165) is 41.2 Å². The fourth-order valence-electron chi connectivity index (χ4n) is 3.79. The first-order valence-corrected chi connectivity index (χ1v) is 10.8. The largest absolute Gasteiger partial charge is 0.490 e. The van der Waals surface area contributed by atoms with E-state index in [9.17, 15) is 4.79 Å². The first-order chi connectivity index (χ1) is 15.1. The van der Waals surface area contributed by atoms with Crippen molar-refractivity contribution < 1.29 is 18.8 Å². The minimum Gasteiger partial charge on any atom is -0.490 e. The minimum atomic E-state index is -0.132. The van der Waals surface area contributed by atoms with Gasteiger partial charge in [-0.25, -0.2) is 0 Å². The number of para-hydroxylation sites is 1. The molecule has 31 heavy (non-hydrogen) atoms. The number of carbonyl (C=O) groups excluding carboxylic acids is 1. The van der Waals surface area contributed by atoms with Crippen LogP contribution in [0.15, 0.2) is 53.1 Å². The Morgan fingerprint density at radius 2 is 1.84 bits per heavy atom. The summed E-state index contributed by atoms with van der Waals surface area (Å²) >= 11 is 0. The van der Waals surface area contributed by atoms with E-state index in [1.165, 1.54) is 12.8 Å². The Balaban J connectivity index is 1.32. The number of ether oxygens (including phenoxy) is 2. The predicted molar refractivity (Wildman–Crippen MR) is 117 cm³/mol. The highest BCUT2D eigenvalue weighted by molar-refractivity contribution is 5.94. The van der Waals surface area contributed by atoms with Gasteiger partial charge in [-0.2, -0.15) is 0 Å². The lowest BCUT2D eigenvalue weighted by atomic mass is 10.1. The van der Waals surface area contributed by atoms with Gasteiger partial charge in [0.2, 0.25) is 0 Å². The number of rotatable bonds is 8. The number of nitrogens with zero attached hydrogens (tertiary/aromatic N) is 1. The van der Waals surface area contributed by atoms with Gasteiger partial charge in [0.15, 0.2) is 0 Å². The molecule has 1 aliphatic carbocycles. The molecule has 0 saturated heterocycles. The van der Waals surface area contributed by atoms with Crippen molar-refractivity contribution >= 4 is 5.91 Å². The van der Waals surface area contributed by atoms with Gasteiger partial charge in [0, 0.05) is 17.7 Å². The first kappa shape index (κ1) is 21.0. The third-order valence-corrected chi connectivity index (χ3v) is 5.69. The maximum absolute atomic E-state index is 12.6. The standard InChI is InChI=1S/C25H28N2O4/c1-17-23(18(2)31-27-17)16-29-21-13-11-19(12-14-21)25(28)26-15-20-7-3-6-10-24(20)30-22-8-4-5-9-22/h3,6-7,10-14,22H,4-5,8-9,15-16H2,1-2H3,(H,26,28). The van der Waals surface area contributed by atoms with Crippen LogP contribution in [0.5, 0.6) is 11.5 Å². The van der Waals surface area contributed by atoms with E-state index in [-0.39, 0.29) is 12.0 Å². The van der Waals surface area contributed by atoms with Crippen molar-refractivity contribution in [2.24, 2.45) is 0 Å².